The van der Waals surface area contributed by atoms with Crippen LogP contribution in [-0.4, -0.2) is 23.5 Å². The predicted molar refractivity (Wildman–Crippen MR) is 84.5 cm³/mol. The third kappa shape index (κ3) is 4.35. The van der Waals surface area contributed by atoms with E-state index in [4.69, 9.17) is 4.74 Å². The van der Waals surface area contributed by atoms with E-state index in [1.54, 1.807) is 12.3 Å². The molecule has 0 unspecified atom stereocenters. The molecule has 116 valence electrons. The molecule has 0 fully saturated rings. The highest BCUT2D eigenvalue weighted by atomic mass is 79.9. The Hall–Kier alpha value is -1.80. The van der Waals surface area contributed by atoms with E-state index in [0.29, 0.717) is 27.5 Å². The molecule has 1 aromatic carbocycles. The number of amides is 1. The lowest BCUT2D eigenvalue weighted by molar-refractivity contribution is -0.142. The molecule has 0 bridgehead atoms. The molecule has 22 heavy (non-hydrogen) atoms. The highest BCUT2D eigenvalue weighted by Crippen LogP contribution is 2.21. The second-order valence-electron chi connectivity index (χ2n) is 4.20. The first-order valence-corrected chi connectivity index (χ1v) is 8.03. The number of thiazole rings is 1. The van der Waals surface area contributed by atoms with Crippen LogP contribution in [0.4, 0.5) is 9.52 Å². The molecule has 2 rings (SSSR count). The van der Waals surface area contributed by atoms with Gasteiger partial charge in [-0.15, -0.1) is 11.3 Å². The number of nitrogens with one attached hydrogen (secondary N) is 1. The lowest BCUT2D eigenvalue weighted by atomic mass is 10.2. The molecule has 5 nitrogen and oxygen atoms in total. The molecule has 8 heteroatoms. The van der Waals surface area contributed by atoms with Crippen molar-refractivity contribution in [2.45, 2.75) is 13.3 Å². The summed E-state index contributed by atoms with van der Waals surface area (Å²) in [5.74, 6) is -1.22. The van der Waals surface area contributed by atoms with Gasteiger partial charge in [0.05, 0.1) is 24.3 Å². The van der Waals surface area contributed by atoms with Crippen LogP contribution in [0.25, 0.3) is 0 Å². The number of nitrogens with zero attached hydrogens (tertiary/aromatic N) is 1. The van der Waals surface area contributed by atoms with Crippen LogP contribution in [-0.2, 0) is 16.0 Å². The zero-order valence-electron chi connectivity index (χ0n) is 11.6. The number of ether oxygens (including phenoxy) is 1. The second kappa shape index (κ2) is 7.46. The normalized spacial score (nSPS) is 10.3. The van der Waals surface area contributed by atoms with Gasteiger partial charge in [-0.1, -0.05) is 0 Å². The van der Waals surface area contributed by atoms with E-state index in [2.05, 4.69) is 26.2 Å². The van der Waals surface area contributed by atoms with Crippen LogP contribution in [0.15, 0.2) is 28.1 Å². The van der Waals surface area contributed by atoms with Crippen molar-refractivity contribution in [3.63, 3.8) is 0 Å². The van der Waals surface area contributed by atoms with Gasteiger partial charge in [0.2, 0.25) is 0 Å². The maximum absolute atomic E-state index is 13.0. The van der Waals surface area contributed by atoms with Crippen LogP contribution in [0.5, 0.6) is 0 Å². The topological polar surface area (TPSA) is 68.3 Å². The Labute approximate surface area is 138 Å². The first kappa shape index (κ1) is 16.6. The predicted octanol–water partition coefficient (Wildman–Crippen LogP) is 3.40. The summed E-state index contributed by atoms with van der Waals surface area (Å²) >= 11 is 4.34. The van der Waals surface area contributed by atoms with Crippen molar-refractivity contribution in [1.82, 2.24) is 4.98 Å². The number of esters is 1. The minimum Gasteiger partial charge on any atom is -0.466 e. The summed E-state index contributed by atoms with van der Waals surface area (Å²) in [6.45, 7) is 2.04. The van der Waals surface area contributed by atoms with Gasteiger partial charge in [-0.3, -0.25) is 14.9 Å². The van der Waals surface area contributed by atoms with Gasteiger partial charge in [0.15, 0.2) is 5.13 Å². The van der Waals surface area contributed by atoms with E-state index < -0.39 is 11.7 Å². The first-order chi connectivity index (χ1) is 10.5. The Bertz CT molecular complexity index is 705. The summed E-state index contributed by atoms with van der Waals surface area (Å²) in [4.78, 5) is 27.6. The van der Waals surface area contributed by atoms with Crippen molar-refractivity contribution in [1.29, 1.82) is 0 Å². The molecular weight excluding hydrogens is 375 g/mol. The number of anilines is 1. The number of hydrogen-bond acceptors (Lipinski definition) is 5. The molecule has 0 saturated carbocycles. The van der Waals surface area contributed by atoms with Crippen molar-refractivity contribution in [3.05, 3.63) is 45.1 Å². The van der Waals surface area contributed by atoms with E-state index in [9.17, 15) is 14.0 Å². The van der Waals surface area contributed by atoms with E-state index in [1.165, 1.54) is 29.5 Å². The third-order valence-electron chi connectivity index (χ3n) is 2.58. The van der Waals surface area contributed by atoms with Crippen LogP contribution in [0, 0.1) is 5.82 Å². The largest absolute Gasteiger partial charge is 0.466 e. The molecule has 0 radical (unpaired) electrons. The fraction of sp³-hybridized carbons (Fsp3) is 0.214. The van der Waals surface area contributed by atoms with E-state index in [-0.39, 0.29) is 12.4 Å². The van der Waals surface area contributed by atoms with Crippen LogP contribution in [0.2, 0.25) is 0 Å². The van der Waals surface area contributed by atoms with Gasteiger partial charge >= 0.3 is 5.97 Å². The van der Waals surface area contributed by atoms with Gasteiger partial charge in [0.25, 0.3) is 5.91 Å². The smallest absolute Gasteiger partial charge is 0.311 e. The monoisotopic (exact) mass is 386 g/mol. The molecule has 2 aromatic rings. The Kier molecular flexibility index (Phi) is 5.62. The van der Waals surface area contributed by atoms with Gasteiger partial charge in [-0.05, 0) is 41.1 Å². The van der Waals surface area contributed by atoms with Gasteiger partial charge in [-0.2, -0.15) is 0 Å². The zero-order chi connectivity index (χ0) is 16.1. The van der Waals surface area contributed by atoms with E-state index in [0.717, 1.165) is 0 Å². The lowest BCUT2D eigenvalue weighted by Gasteiger charge is -2.04. The number of benzene rings is 1. The van der Waals surface area contributed by atoms with E-state index in [1.807, 2.05) is 0 Å². The average molecular weight is 387 g/mol. The van der Waals surface area contributed by atoms with Crippen molar-refractivity contribution in [3.8, 4) is 0 Å². The van der Waals surface area contributed by atoms with Crippen LogP contribution < -0.4 is 5.32 Å². The number of halogens is 2. The molecule has 0 aliphatic rings. The summed E-state index contributed by atoms with van der Waals surface area (Å²) in [6, 6.07) is 3.79. The summed E-state index contributed by atoms with van der Waals surface area (Å²) in [7, 11) is 0. The molecule has 0 saturated heterocycles. The Morgan fingerprint density at radius 1 is 1.45 bits per heavy atom. The minimum atomic E-state index is -0.436. The van der Waals surface area contributed by atoms with Gasteiger partial charge < -0.3 is 4.74 Å². The van der Waals surface area contributed by atoms with Crippen LogP contribution in [0.3, 0.4) is 0 Å². The van der Waals surface area contributed by atoms with E-state index >= 15 is 0 Å². The van der Waals surface area contributed by atoms with Crippen molar-refractivity contribution >= 4 is 44.3 Å². The number of hydrogen-bond donors (Lipinski definition) is 1. The highest BCUT2D eigenvalue weighted by Gasteiger charge is 2.14. The molecule has 0 spiro atoms. The molecular formula is C14H12BrFN2O3S. The standard InChI is InChI=1S/C14H12BrFN2O3S/c1-2-21-12(19)6-9-7-22-14(17-9)18-13(20)10-4-3-8(16)5-11(10)15/h3-5,7H,2,6H2,1H3,(H,17,18,20). The fourth-order valence-corrected chi connectivity index (χ4v) is 2.88. The molecule has 0 aliphatic heterocycles. The average Bonchev–Trinajstić information content (AvgIpc) is 2.85. The number of rotatable bonds is 5. The SMILES string of the molecule is CCOC(=O)Cc1csc(NC(=O)c2ccc(F)cc2Br)n1. The zero-order valence-corrected chi connectivity index (χ0v) is 14.0. The van der Waals surface area contributed by atoms with Crippen molar-refractivity contribution in [2.75, 3.05) is 11.9 Å². The molecule has 1 N–H and O–H groups in total. The quantitative estimate of drug-likeness (QED) is 0.799. The van der Waals surface area contributed by atoms with Crippen molar-refractivity contribution < 1.29 is 18.7 Å². The number of carbonyl (C=O) groups excluding carboxylic acids is 2. The van der Waals surface area contributed by atoms with Crippen molar-refractivity contribution in [2.24, 2.45) is 0 Å². The Balaban J connectivity index is 2.03. The summed E-state index contributed by atoms with van der Waals surface area (Å²) in [6.07, 6.45) is 0.0560. The Morgan fingerprint density at radius 2 is 2.23 bits per heavy atom. The Morgan fingerprint density at radius 3 is 2.91 bits per heavy atom. The number of carbonyl (C=O) groups is 2. The second-order valence-corrected chi connectivity index (χ2v) is 5.92. The van der Waals surface area contributed by atoms with Gasteiger partial charge in [0.1, 0.15) is 5.82 Å². The maximum atomic E-state index is 13.0. The highest BCUT2D eigenvalue weighted by molar-refractivity contribution is 9.10. The molecule has 1 aromatic heterocycles. The summed E-state index contributed by atoms with van der Waals surface area (Å²) in [5, 5.41) is 4.64. The minimum absolute atomic E-state index is 0.0560. The molecule has 1 amide bonds. The van der Waals surface area contributed by atoms with Gasteiger partial charge in [-0.25, -0.2) is 9.37 Å². The third-order valence-corrected chi connectivity index (χ3v) is 4.04. The molecule has 1 heterocycles. The number of aromatic nitrogens is 1. The van der Waals surface area contributed by atoms with Gasteiger partial charge in [0, 0.05) is 9.85 Å². The fourth-order valence-electron chi connectivity index (χ4n) is 1.64. The molecule has 0 atom stereocenters. The first-order valence-electron chi connectivity index (χ1n) is 6.36. The summed E-state index contributed by atoms with van der Waals surface area (Å²) in [5.41, 5.74) is 0.820. The lowest BCUT2D eigenvalue weighted by Crippen LogP contribution is -2.13. The summed E-state index contributed by atoms with van der Waals surface area (Å²) < 4.78 is 18.2. The van der Waals surface area contributed by atoms with Crippen LogP contribution in [0.1, 0.15) is 23.0 Å². The molecule has 0 aliphatic carbocycles. The van der Waals surface area contributed by atoms with Crippen LogP contribution >= 0.6 is 27.3 Å². The maximum Gasteiger partial charge on any atom is 0.311 e.